The molecule has 0 fully saturated rings. The van der Waals surface area contributed by atoms with Crippen molar-refractivity contribution in [3.8, 4) is 0 Å². The summed E-state index contributed by atoms with van der Waals surface area (Å²) in [5.41, 5.74) is 6.64. The summed E-state index contributed by atoms with van der Waals surface area (Å²) in [6.45, 7) is 0. The monoisotopic (exact) mass is 281 g/mol. The van der Waals surface area contributed by atoms with Crippen LogP contribution in [0.1, 0.15) is 10.5 Å². The van der Waals surface area contributed by atoms with Crippen molar-refractivity contribution in [3.05, 3.63) is 72.2 Å². The third-order valence-corrected chi connectivity index (χ3v) is 2.98. The number of nitrogens with one attached hydrogen (secondary N) is 2. The summed E-state index contributed by atoms with van der Waals surface area (Å²) in [7, 11) is 0. The van der Waals surface area contributed by atoms with Gasteiger partial charge >= 0.3 is 0 Å². The van der Waals surface area contributed by atoms with Gasteiger partial charge in [0.1, 0.15) is 11.5 Å². The maximum absolute atomic E-state index is 13.0. The Morgan fingerprint density at radius 3 is 2.71 bits per heavy atom. The molecule has 0 aliphatic heterocycles. The van der Waals surface area contributed by atoms with E-state index in [2.05, 4.69) is 15.8 Å². The number of halogens is 1. The highest BCUT2D eigenvalue weighted by Crippen LogP contribution is 2.12. The van der Waals surface area contributed by atoms with Crippen molar-refractivity contribution in [2.24, 2.45) is 0 Å². The van der Waals surface area contributed by atoms with Gasteiger partial charge in [-0.15, -0.1) is 0 Å². The second kappa shape index (κ2) is 5.58. The number of pyridine rings is 1. The number of hydrogen-bond donors (Lipinski definition) is 2. The Labute approximate surface area is 120 Å². The molecule has 0 saturated heterocycles. The van der Waals surface area contributed by atoms with Crippen LogP contribution in [0.3, 0.4) is 0 Å². The molecule has 0 spiro atoms. The van der Waals surface area contributed by atoms with Crippen molar-refractivity contribution in [2.45, 2.75) is 0 Å². The summed E-state index contributed by atoms with van der Waals surface area (Å²) in [6, 6.07) is 16.8. The minimum absolute atomic E-state index is 0.289. The summed E-state index contributed by atoms with van der Waals surface area (Å²) in [4.78, 5) is 16.3. The van der Waals surface area contributed by atoms with E-state index in [0.717, 1.165) is 10.9 Å². The topological polar surface area (TPSA) is 54.0 Å². The molecule has 104 valence electrons. The van der Waals surface area contributed by atoms with Crippen LogP contribution in [0.2, 0.25) is 0 Å². The van der Waals surface area contributed by atoms with Gasteiger partial charge in [0.05, 0.1) is 11.2 Å². The molecule has 0 aliphatic rings. The average Bonchev–Trinajstić information content (AvgIpc) is 2.52. The number of amides is 1. The predicted molar refractivity (Wildman–Crippen MR) is 79.2 cm³/mol. The lowest BCUT2D eigenvalue weighted by Crippen LogP contribution is -2.30. The number of nitrogens with zero attached hydrogens (tertiary/aromatic N) is 1. The standard InChI is InChI=1S/C16H12FN3O/c17-12-5-3-6-13(10-12)19-20-16(21)15-9-8-11-4-1-2-7-14(11)18-15/h1-10,19H,(H,20,21). The molecule has 0 unspecified atom stereocenters. The molecule has 4 nitrogen and oxygen atoms in total. The lowest BCUT2D eigenvalue weighted by molar-refractivity contribution is 0.0958. The Kier molecular flexibility index (Phi) is 3.47. The summed E-state index contributed by atoms with van der Waals surface area (Å²) < 4.78 is 13.0. The molecule has 0 aliphatic carbocycles. The lowest BCUT2D eigenvalue weighted by atomic mass is 10.2. The van der Waals surface area contributed by atoms with E-state index in [1.807, 2.05) is 30.3 Å². The summed E-state index contributed by atoms with van der Waals surface area (Å²) in [6.07, 6.45) is 0. The molecule has 0 saturated carbocycles. The number of rotatable bonds is 3. The van der Waals surface area contributed by atoms with E-state index in [-0.39, 0.29) is 17.4 Å². The van der Waals surface area contributed by atoms with Gasteiger partial charge in [0.25, 0.3) is 5.91 Å². The number of carbonyl (C=O) groups excluding carboxylic acids is 1. The van der Waals surface area contributed by atoms with E-state index in [1.54, 1.807) is 18.2 Å². The largest absolute Gasteiger partial charge is 0.298 e. The summed E-state index contributed by atoms with van der Waals surface area (Å²) in [5, 5.41) is 0.965. The summed E-state index contributed by atoms with van der Waals surface area (Å²) >= 11 is 0. The van der Waals surface area contributed by atoms with Crippen LogP contribution in [0.4, 0.5) is 10.1 Å². The molecule has 3 aromatic rings. The molecular formula is C16H12FN3O. The minimum Gasteiger partial charge on any atom is -0.298 e. The number of hydrazine groups is 1. The molecular weight excluding hydrogens is 269 g/mol. The number of benzene rings is 2. The zero-order chi connectivity index (χ0) is 14.7. The third kappa shape index (κ3) is 2.97. The van der Waals surface area contributed by atoms with Gasteiger partial charge in [-0.25, -0.2) is 9.37 Å². The van der Waals surface area contributed by atoms with Gasteiger partial charge in [-0.2, -0.15) is 0 Å². The molecule has 2 N–H and O–H groups in total. The quantitative estimate of drug-likeness (QED) is 0.725. The van der Waals surface area contributed by atoms with Crippen LogP contribution in [0.5, 0.6) is 0 Å². The fourth-order valence-corrected chi connectivity index (χ4v) is 1.95. The van der Waals surface area contributed by atoms with Crippen LogP contribution in [0.15, 0.2) is 60.7 Å². The fourth-order valence-electron chi connectivity index (χ4n) is 1.95. The Morgan fingerprint density at radius 2 is 1.86 bits per heavy atom. The smallest absolute Gasteiger partial charge is 0.288 e. The van der Waals surface area contributed by atoms with E-state index >= 15 is 0 Å². The number of para-hydroxylation sites is 1. The van der Waals surface area contributed by atoms with Crippen LogP contribution in [0, 0.1) is 5.82 Å². The molecule has 1 amide bonds. The lowest BCUT2D eigenvalue weighted by Gasteiger charge is -2.08. The van der Waals surface area contributed by atoms with E-state index in [9.17, 15) is 9.18 Å². The molecule has 0 bridgehead atoms. The molecule has 1 heterocycles. The molecule has 0 radical (unpaired) electrons. The van der Waals surface area contributed by atoms with Crippen molar-refractivity contribution >= 4 is 22.5 Å². The van der Waals surface area contributed by atoms with Crippen molar-refractivity contribution in [2.75, 3.05) is 5.43 Å². The molecule has 2 aromatic carbocycles. The number of anilines is 1. The van der Waals surface area contributed by atoms with Crippen LogP contribution in [0.25, 0.3) is 10.9 Å². The third-order valence-electron chi connectivity index (χ3n) is 2.98. The predicted octanol–water partition coefficient (Wildman–Crippen LogP) is 3.13. The number of carbonyl (C=O) groups is 1. The van der Waals surface area contributed by atoms with Crippen molar-refractivity contribution in [1.82, 2.24) is 10.4 Å². The highest BCUT2D eigenvalue weighted by molar-refractivity contribution is 5.95. The second-order valence-corrected chi connectivity index (χ2v) is 4.48. The van der Waals surface area contributed by atoms with E-state index in [1.165, 1.54) is 12.1 Å². The first kappa shape index (κ1) is 13.1. The highest BCUT2D eigenvalue weighted by Gasteiger charge is 2.07. The van der Waals surface area contributed by atoms with Crippen molar-refractivity contribution < 1.29 is 9.18 Å². The fraction of sp³-hybridized carbons (Fsp3) is 0. The number of aromatic nitrogens is 1. The van der Waals surface area contributed by atoms with Gasteiger partial charge in [-0.05, 0) is 30.3 Å². The maximum Gasteiger partial charge on any atom is 0.288 e. The van der Waals surface area contributed by atoms with E-state index < -0.39 is 0 Å². The zero-order valence-corrected chi connectivity index (χ0v) is 11.0. The molecule has 1 aromatic heterocycles. The number of hydrogen-bond acceptors (Lipinski definition) is 3. The molecule has 0 atom stereocenters. The molecule has 5 heteroatoms. The van der Waals surface area contributed by atoms with Crippen LogP contribution in [-0.2, 0) is 0 Å². The Balaban J connectivity index is 1.74. The van der Waals surface area contributed by atoms with Crippen LogP contribution >= 0.6 is 0 Å². The SMILES string of the molecule is O=C(NNc1cccc(F)c1)c1ccc2ccccc2n1. The van der Waals surface area contributed by atoms with Crippen molar-refractivity contribution in [1.29, 1.82) is 0 Å². The zero-order valence-electron chi connectivity index (χ0n) is 11.0. The maximum atomic E-state index is 13.0. The van der Waals surface area contributed by atoms with Gasteiger partial charge in [0, 0.05) is 5.39 Å². The first-order chi connectivity index (χ1) is 10.2. The normalized spacial score (nSPS) is 10.3. The van der Waals surface area contributed by atoms with Crippen LogP contribution < -0.4 is 10.9 Å². The summed E-state index contributed by atoms with van der Waals surface area (Å²) in [5.74, 6) is -0.761. The van der Waals surface area contributed by atoms with Crippen LogP contribution in [-0.4, -0.2) is 10.9 Å². The van der Waals surface area contributed by atoms with Gasteiger partial charge in [-0.1, -0.05) is 30.3 Å². The average molecular weight is 281 g/mol. The molecule has 21 heavy (non-hydrogen) atoms. The first-order valence-electron chi connectivity index (χ1n) is 6.40. The van der Waals surface area contributed by atoms with Gasteiger partial charge < -0.3 is 0 Å². The second-order valence-electron chi connectivity index (χ2n) is 4.48. The Bertz CT molecular complexity index is 804. The number of fused-ring (bicyclic) bond motifs is 1. The van der Waals surface area contributed by atoms with Gasteiger partial charge in [0.2, 0.25) is 0 Å². The molecule has 3 rings (SSSR count). The van der Waals surface area contributed by atoms with Crippen molar-refractivity contribution in [3.63, 3.8) is 0 Å². The first-order valence-corrected chi connectivity index (χ1v) is 6.40. The Morgan fingerprint density at radius 1 is 1.00 bits per heavy atom. The van der Waals surface area contributed by atoms with Gasteiger partial charge in [0.15, 0.2) is 0 Å². The minimum atomic E-state index is -0.384. The highest BCUT2D eigenvalue weighted by atomic mass is 19.1. The van der Waals surface area contributed by atoms with E-state index in [0.29, 0.717) is 5.69 Å². The van der Waals surface area contributed by atoms with E-state index in [4.69, 9.17) is 0 Å². The van der Waals surface area contributed by atoms with Gasteiger partial charge in [-0.3, -0.25) is 15.6 Å². The Hall–Kier alpha value is -2.95.